The van der Waals surface area contributed by atoms with Gasteiger partial charge in [0.15, 0.2) is 5.82 Å². The molecule has 0 spiro atoms. The highest BCUT2D eigenvalue weighted by atomic mass is 19.3. The zero-order valence-corrected chi connectivity index (χ0v) is 13.4. The molecule has 2 amide bonds. The largest absolute Gasteiger partial charge is 0.335 e. The van der Waals surface area contributed by atoms with E-state index in [9.17, 15) is 18.0 Å². The molecule has 24 heavy (non-hydrogen) atoms. The zero-order chi connectivity index (χ0) is 17.7. The maximum absolute atomic E-state index is 13.1. The average Bonchev–Trinajstić information content (AvgIpc) is 2.87. The number of aryl methyl sites for hydroxylation is 1. The molecule has 0 fully saturated rings. The van der Waals surface area contributed by atoms with Crippen molar-refractivity contribution in [3.05, 3.63) is 47.4 Å². The predicted octanol–water partition coefficient (Wildman–Crippen LogP) is 3.35. The predicted molar refractivity (Wildman–Crippen MR) is 84.7 cm³/mol. The summed E-state index contributed by atoms with van der Waals surface area (Å²) in [4.78, 5) is 11.9. The number of nitrogens with one attached hydrogen (secondary N) is 2. The lowest BCUT2D eigenvalue weighted by Crippen LogP contribution is -2.37. The van der Waals surface area contributed by atoms with Gasteiger partial charge in [-0.05, 0) is 43.5 Å². The average molecular weight is 340 g/mol. The van der Waals surface area contributed by atoms with E-state index in [0.29, 0.717) is 6.42 Å². The van der Waals surface area contributed by atoms with Gasteiger partial charge < -0.3 is 5.32 Å². The summed E-state index contributed by atoms with van der Waals surface area (Å²) < 4.78 is 38.6. The highest BCUT2D eigenvalue weighted by Gasteiger charge is 2.12. The lowest BCUT2D eigenvalue weighted by molar-refractivity contribution is 0.122. The molecule has 0 radical (unpaired) electrons. The third-order valence-electron chi connectivity index (χ3n) is 3.42. The smallest absolute Gasteiger partial charge is 0.320 e. The molecule has 130 valence electrons. The van der Waals surface area contributed by atoms with Crippen molar-refractivity contribution in [3.8, 4) is 0 Å². The molecule has 2 aromatic rings. The normalized spacial score (nSPS) is 12.2. The molecule has 0 aliphatic rings. The standard InChI is InChI=1S/C16H19F3N4O/c1-10-7-13(17)4-3-12(10)8-11(2)20-16(24)21-15-5-6-23(22-15)9-14(18)19/h3-7,11,14H,8-9H2,1-2H3,(H2,20,21,22,24). The number of carbonyl (C=O) groups excluding carboxylic acids is 1. The SMILES string of the molecule is Cc1cc(F)ccc1CC(C)NC(=O)Nc1ccn(CC(F)F)n1. The Kier molecular flexibility index (Phi) is 5.83. The summed E-state index contributed by atoms with van der Waals surface area (Å²) >= 11 is 0. The quantitative estimate of drug-likeness (QED) is 0.847. The van der Waals surface area contributed by atoms with Crippen molar-refractivity contribution in [2.45, 2.75) is 39.3 Å². The van der Waals surface area contributed by atoms with Crippen molar-refractivity contribution in [2.75, 3.05) is 5.32 Å². The molecule has 1 aromatic heterocycles. The Balaban J connectivity index is 1.86. The van der Waals surface area contributed by atoms with Crippen molar-refractivity contribution in [1.29, 1.82) is 0 Å². The molecule has 1 heterocycles. The molecule has 1 unspecified atom stereocenters. The molecule has 1 atom stereocenters. The monoisotopic (exact) mass is 340 g/mol. The van der Waals surface area contributed by atoms with Gasteiger partial charge in [0.1, 0.15) is 12.4 Å². The number of hydrogen-bond acceptors (Lipinski definition) is 2. The molecule has 2 N–H and O–H groups in total. The van der Waals surface area contributed by atoms with E-state index in [1.807, 2.05) is 6.92 Å². The second kappa shape index (κ2) is 7.85. The van der Waals surface area contributed by atoms with Gasteiger partial charge in [-0.15, -0.1) is 0 Å². The van der Waals surface area contributed by atoms with Crippen LogP contribution in [0.15, 0.2) is 30.5 Å². The number of halogens is 3. The molecule has 8 heteroatoms. The van der Waals surface area contributed by atoms with Crippen LogP contribution in [0.3, 0.4) is 0 Å². The number of urea groups is 1. The zero-order valence-electron chi connectivity index (χ0n) is 13.4. The van der Waals surface area contributed by atoms with Gasteiger partial charge >= 0.3 is 6.03 Å². The van der Waals surface area contributed by atoms with E-state index in [0.717, 1.165) is 15.8 Å². The van der Waals surface area contributed by atoms with Crippen LogP contribution in [-0.2, 0) is 13.0 Å². The van der Waals surface area contributed by atoms with Crippen LogP contribution < -0.4 is 10.6 Å². The lowest BCUT2D eigenvalue weighted by atomic mass is 10.0. The summed E-state index contributed by atoms with van der Waals surface area (Å²) in [6, 6.07) is 5.27. The maximum Gasteiger partial charge on any atom is 0.320 e. The van der Waals surface area contributed by atoms with Crippen LogP contribution in [0, 0.1) is 12.7 Å². The van der Waals surface area contributed by atoms with E-state index in [4.69, 9.17) is 0 Å². The van der Waals surface area contributed by atoms with Gasteiger partial charge in [-0.2, -0.15) is 5.10 Å². The molecular weight excluding hydrogens is 321 g/mol. The summed E-state index contributed by atoms with van der Waals surface area (Å²) in [5, 5.41) is 9.05. The highest BCUT2D eigenvalue weighted by molar-refractivity contribution is 5.88. The second-order valence-electron chi connectivity index (χ2n) is 5.59. The van der Waals surface area contributed by atoms with E-state index in [1.54, 1.807) is 13.0 Å². The summed E-state index contributed by atoms with van der Waals surface area (Å²) in [5.41, 5.74) is 1.75. The highest BCUT2D eigenvalue weighted by Crippen LogP contribution is 2.12. The Hall–Kier alpha value is -2.51. The van der Waals surface area contributed by atoms with Crippen molar-refractivity contribution in [1.82, 2.24) is 15.1 Å². The van der Waals surface area contributed by atoms with Crippen LogP contribution in [-0.4, -0.2) is 28.3 Å². The third kappa shape index (κ3) is 5.29. The molecule has 0 aliphatic carbocycles. The van der Waals surface area contributed by atoms with Gasteiger partial charge in [-0.25, -0.2) is 18.0 Å². The number of anilines is 1. The van der Waals surface area contributed by atoms with Crippen LogP contribution >= 0.6 is 0 Å². The number of hydrogen-bond donors (Lipinski definition) is 2. The van der Waals surface area contributed by atoms with E-state index < -0.39 is 19.0 Å². The number of aromatic nitrogens is 2. The fraction of sp³-hybridized carbons (Fsp3) is 0.375. The Bertz CT molecular complexity index is 702. The number of amides is 2. The molecule has 0 saturated heterocycles. The second-order valence-corrected chi connectivity index (χ2v) is 5.59. The molecule has 0 aliphatic heterocycles. The third-order valence-corrected chi connectivity index (χ3v) is 3.42. The first-order valence-corrected chi connectivity index (χ1v) is 7.47. The van der Waals surface area contributed by atoms with Gasteiger partial charge in [0, 0.05) is 18.3 Å². The number of alkyl halides is 2. The summed E-state index contributed by atoms with van der Waals surface area (Å²) in [6.45, 7) is 3.10. The van der Waals surface area contributed by atoms with E-state index in [2.05, 4.69) is 15.7 Å². The Morgan fingerprint density at radius 1 is 1.33 bits per heavy atom. The summed E-state index contributed by atoms with van der Waals surface area (Å²) in [6.07, 6.45) is -0.600. The van der Waals surface area contributed by atoms with Crippen molar-refractivity contribution in [2.24, 2.45) is 0 Å². The Morgan fingerprint density at radius 2 is 2.08 bits per heavy atom. The first kappa shape index (κ1) is 17.8. The minimum atomic E-state index is -2.51. The van der Waals surface area contributed by atoms with Crippen LogP contribution in [0.1, 0.15) is 18.1 Å². The Morgan fingerprint density at radius 3 is 2.75 bits per heavy atom. The van der Waals surface area contributed by atoms with Crippen molar-refractivity contribution >= 4 is 11.8 Å². The minimum Gasteiger partial charge on any atom is -0.335 e. The molecular formula is C16H19F3N4O. The fourth-order valence-electron chi connectivity index (χ4n) is 2.32. The van der Waals surface area contributed by atoms with Crippen LogP contribution in [0.2, 0.25) is 0 Å². The van der Waals surface area contributed by atoms with Gasteiger partial charge in [0.2, 0.25) is 0 Å². The van der Waals surface area contributed by atoms with E-state index in [-0.39, 0.29) is 17.7 Å². The molecule has 0 saturated carbocycles. The van der Waals surface area contributed by atoms with Gasteiger partial charge in [-0.1, -0.05) is 6.07 Å². The Labute approximate surface area is 137 Å². The van der Waals surface area contributed by atoms with Gasteiger partial charge in [-0.3, -0.25) is 10.00 Å². The van der Waals surface area contributed by atoms with E-state index >= 15 is 0 Å². The summed E-state index contributed by atoms with van der Waals surface area (Å²) in [7, 11) is 0. The first-order valence-electron chi connectivity index (χ1n) is 7.47. The van der Waals surface area contributed by atoms with Gasteiger partial charge in [0.05, 0.1) is 0 Å². The van der Waals surface area contributed by atoms with Crippen LogP contribution in [0.4, 0.5) is 23.8 Å². The van der Waals surface area contributed by atoms with Crippen molar-refractivity contribution < 1.29 is 18.0 Å². The molecule has 5 nitrogen and oxygen atoms in total. The number of benzene rings is 1. The number of rotatable bonds is 6. The van der Waals surface area contributed by atoms with Crippen molar-refractivity contribution in [3.63, 3.8) is 0 Å². The van der Waals surface area contributed by atoms with Crippen LogP contribution in [0.25, 0.3) is 0 Å². The number of carbonyl (C=O) groups is 1. The topological polar surface area (TPSA) is 59.0 Å². The fourth-order valence-corrected chi connectivity index (χ4v) is 2.32. The van der Waals surface area contributed by atoms with Crippen LogP contribution in [0.5, 0.6) is 0 Å². The minimum absolute atomic E-state index is 0.193. The molecule has 0 bridgehead atoms. The molecule has 2 rings (SSSR count). The first-order chi connectivity index (χ1) is 11.3. The number of nitrogens with zero attached hydrogens (tertiary/aromatic N) is 2. The molecule has 1 aromatic carbocycles. The van der Waals surface area contributed by atoms with Gasteiger partial charge in [0.25, 0.3) is 6.43 Å². The summed E-state index contributed by atoms with van der Waals surface area (Å²) in [5.74, 6) is -0.104. The maximum atomic E-state index is 13.1. The lowest BCUT2D eigenvalue weighted by Gasteiger charge is -2.15. The van der Waals surface area contributed by atoms with E-state index in [1.165, 1.54) is 24.4 Å².